The quantitative estimate of drug-likeness (QED) is 0.437. The fourth-order valence-electron chi connectivity index (χ4n) is 2.67. The highest BCUT2D eigenvalue weighted by atomic mass is 32.1. The monoisotopic (exact) mass is 395 g/mol. The second-order valence-electron chi connectivity index (χ2n) is 6.27. The van der Waals surface area contributed by atoms with Gasteiger partial charge in [0, 0.05) is 35.1 Å². The van der Waals surface area contributed by atoms with E-state index >= 15 is 0 Å². The second kappa shape index (κ2) is 7.42. The standard InChI is InChI=1S/C19H17N5OS2/c1-11(2)22-16-6-18(20-7-14(16)19-24-13(8-25)9-26-19)23-12-3-4-15-17(5-12)27-10-21-15/h3-11H,1-2H3,(H2,20,22,23). The number of aldehydes is 1. The lowest BCUT2D eigenvalue weighted by molar-refractivity contribution is 0.111. The van der Waals surface area contributed by atoms with Crippen LogP contribution in [-0.2, 0) is 0 Å². The first-order chi connectivity index (χ1) is 13.1. The van der Waals surface area contributed by atoms with Crippen LogP contribution in [0.1, 0.15) is 24.3 Å². The second-order valence-corrected chi connectivity index (χ2v) is 8.01. The number of hydrogen-bond donors (Lipinski definition) is 2. The summed E-state index contributed by atoms with van der Waals surface area (Å²) in [7, 11) is 0. The smallest absolute Gasteiger partial charge is 0.169 e. The Hall–Kier alpha value is -2.84. The Morgan fingerprint density at radius 2 is 2.04 bits per heavy atom. The third-order valence-corrected chi connectivity index (χ3v) is 5.51. The lowest BCUT2D eigenvalue weighted by atomic mass is 10.2. The van der Waals surface area contributed by atoms with Crippen LogP contribution in [0.3, 0.4) is 0 Å². The number of nitrogens with one attached hydrogen (secondary N) is 2. The van der Waals surface area contributed by atoms with Crippen LogP contribution in [0.5, 0.6) is 0 Å². The summed E-state index contributed by atoms with van der Waals surface area (Å²) in [6.07, 6.45) is 2.54. The summed E-state index contributed by atoms with van der Waals surface area (Å²) >= 11 is 3.04. The van der Waals surface area contributed by atoms with Gasteiger partial charge in [0.2, 0.25) is 0 Å². The van der Waals surface area contributed by atoms with Crippen molar-refractivity contribution < 1.29 is 4.79 Å². The van der Waals surface area contributed by atoms with Crippen molar-refractivity contribution in [2.75, 3.05) is 10.6 Å². The van der Waals surface area contributed by atoms with Crippen molar-refractivity contribution in [3.05, 3.63) is 47.0 Å². The number of aromatic nitrogens is 3. The Morgan fingerprint density at radius 1 is 1.15 bits per heavy atom. The third-order valence-electron chi connectivity index (χ3n) is 3.82. The van der Waals surface area contributed by atoms with Crippen molar-refractivity contribution >= 4 is 56.4 Å². The molecule has 4 rings (SSSR count). The molecule has 0 aliphatic rings. The summed E-state index contributed by atoms with van der Waals surface area (Å²) in [6.45, 7) is 4.15. The number of thiazole rings is 2. The summed E-state index contributed by atoms with van der Waals surface area (Å²) in [4.78, 5) is 24.1. The fourth-order valence-corrected chi connectivity index (χ4v) is 4.17. The van der Waals surface area contributed by atoms with Gasteiger partial charge in [-0.3, -0.25) is 4.79 Å². The maximum Gasteiger partial charge on any atom is 0.169 e. The van der Waals surface area contributed by atoms with Gasteiger partial charge in [0.15, 0.2) is 6.29 Å². The number of fused-ring (bicyclic) bond motifs is 1. The van der Waals surface area contributed by atoms with E-state index in [9.17, 15) is 4.79 Å². The Balaban J connectivity index is 1.67. The van der Waals surface area contributed by atoms with Gasteiger partial charge in [0.1, 0.15) is 16.5 Å². The van der Waals surface area contributed by atoms with Crippen molar-refractivity contribution in [1.82, 2.24) is 15.0 Å². The minimum absolute atomic E-state index is 0.248. The van der Waals surface area contributed by atoms with Gasteiger partial charge in [-0.2, -0.15) is 0 Å². The van der Waals surface area contributed by atoms with E-state index in [4.69, 9.17) is 0 Å². The molecule has 3 aromatic heterocycles. The number of nitrogens with zero attached hydrogens (tertiary/aromatic N) is 3. The van der Waals surface area contributed by atoms with E-state index in [1.54, 1.807) is 22.9 Å². The SMILES string of the molecule is CC(C)Nc1cc(Nc2ccc3ncsc3c2)ncc1-c1nc(C=O)cs1. The number of rotatable bonds is 6. The summed E-state index contributed by atoms with van der Waals surface area (Å²) < 4.78 is 1.13. The molecule has 6 nitrogen and oxygen atoms in total. The number of carbonyl (C=O) groups excluding carboxylic acids is 1. The van der Waals surface area contributed by atoms with E-state index in [2.05, 4.69) is 45.5 Å². The molecule has 0 aliphatic carbocycles. The number of carbonyl (C=O) groups is 1. The highest BCUT2D eigenvalue weighted by Crippen LogP contribution is 2.33. The van der Waals surface area contributed by atoms with E-state index in [0.717, 1.165) is 44.3 Å². The van der Waals surface area contributed by atoms with Crippen LogP contribution in [0.2, 0.25) is 0 Å². The average molecular weight is 396 g/mol. The number of pyridine rings is 1. The van der Waals surface area contributed by atoms with Gasteiger partial charge in [0.05, 0.1) is 21.3 Å². The predicted molar refractivity (Wildman–Crippen MR) is 112 cm³/mol. The van der Waals surface area contributed by atoms with Crippen LogP contribution in [-0.4, -0.2) is 27.3 Å². The van der Waals surface area contributed by atoms with Gasteiger partial charge in [-0.25, -0.2) is 15.0 Å². The van der Waals surface area contributed by atoms with Gasteiger partial charge in [0.25, 0.3) is 0 Å². The average Bonchev–Trinajstić information content (AvgIpc) is 3.30. The molecule has 0 fully saturated rings. The van der Waals surface area contributed by atoms with Crippen molar-refractivity contribution in [3.8, 4) is 10.6 Å². The van der Waals surface area contributed by atoms with Crippen LogP contribution in [0.4, 0.5) is 17.2 Å². The Kier molecular flexibility index (Phi) is 4.83. The normalized spacial score (nSPS) is 11.1. The topological polar surface area (TPSA) is 79.8 Å². The molecule has 3 heterocycles. The fraction of sp³-hybridized carbons (Fsp3) is 0.158. The molecular weight excluding hydrogens is 378 g/mol. The molecule has 2 N–H and O–H groups in total. The molecule has 4 aromatic rings. The van der Waals surface area contributed by atoms with Gasteiger partial charge >= 0.3 is 0 Å². The number of benzene rings is 1. The zero-order valence-corrected chi connectivity index (χ0v) is 16.4. The van der Waals surface area contributed by atoms with E-state index in [1.807, 2.05) is 23.7 Å². The summed E-state index contributed by atoms with van der Waals surface area (Å²) in [5, 5.41) is 9.31. The molecule has 0 aliphatic heterocycles. The molecule has 0 amide bonds. The van der Waals surface area contributed by atoms with E-state index in [-0.39, 0.29) is 6.04 Å². The highest BCUT2D eigenvalue weighted by Gasteiger charge is 2.13. The van der Waals surface area contributed by atoms with Crippen molar-refractivity contribution in [3.63, 3.8) is 0 Å². The molecule has 136 valence electrons. The van der Waals surface area contributed by atoms with Gasteiger partial charge in [-0.1, -0.05) is 0 Å². The maximum atomic E-state index is 10.9. The highest BCUT2D eigenvalue weighted by molar-refractivity contribution is 7.16. The molecule has 1 aromatic carbocycles. The number of anilines is 3. The first-order valence-electron chi connectivity index (χ1n) is 8.40. The zero-order chi connectivity index (χ0) is 18.8. The molecule has 0 bridgehead atoms. The molecule has 0 saturated heterocycles. The van der Waals surface area contributed by atoms with Crippen molar-refractivity contribution in [2.45, 2.75) is 19.9 Å². The van der Waals surface area contributed by atoms with Gasteiger partial charge in [-0.05, 0) is 32.0 Å². The predicted octanol–water partition coefficient (Wildman–Crippen LogP) is 5.19. The lowest BCUT2D eigenvalue weighted by Gasteiger charge is -2.15. The lowest BCUT2D eigenvalue weighted by Crippen LogP contribution is -2.11. The number of hydrogen-bond acceptors (Lipinski definition) is 8. The summed E-state index contributed by atoms with van der Waals surface area (Å²) in [5.41, 5.74) is 6.03. The summed E-state index contributed by atoms with van der Waals surface area (Å²) in [6, 6.07) is 8.26. The van der Waals surface area contributed by atoms with Crippen molar-refractivity contribution in [1.29, 1.82) is 0 Å². The van der Waals surface area contributed by atoms with E-state index in [1.165, 1.54) is 11.3 Å². The Labute approximate surface area is 164 Å². The van der Waals surface area contributed by atoms with E-state index in [0.29, 0.717) is 5.69 Å². The molecule has 0 radical (unpaired) electrons. The molecule has 8 heteroatoms. The van der Waals surface area contributed by atoms with Crippen LogP contribution < -0.4 is 10.6 Å². The van der Waals surface area contributed by atoms with Crippen LogP contribution in [0.25, 0.3) is 20.8 Å². The van der Waals surface area contributed by atoms with Crippen LogP contribution >= 0.6 is 22.7 Å². The minimum atomic E-state index is 0.248. The van der Waals surface area contributed by atoms with Crippen molar-refractivity contribution in [2.24, 2.45) is 0 Å². The van der Waals surface area contributed by atoms with Gasteiger partial charge in [-0.15, -0.1) is 22.7 Å². The largest absolute Gasteiger partial charge is 0.382 e. The summed E-state index contributed by atoms with van der Waals surface area (Å²) in [5.74, 6) is 0.734. The Morgan fingerprint density at radius 3 is 2.81 bits per heavy atom. The van der Waals surface area contributed by atoms with Gasteiger partial charge < -0.3 is 10.6 Å². The molecular formula is C19H17N5OS2. The third kappa shape index (κ3) is 3.81. The Bertz CT molecular complexity index is 1100. The molecule has 27 heavy (non-hydrogen) atoms. The van der Waals surface area contributed by atoms with Crippen LogP contribution in [0, 0.1) is 0 Å². The zero-order valence-electron chi connectivity index (χ0n) is 14.8. The molecule has 0 spiro atoms. The molecule has 0 unspecified atom stereocenters. The molecule has 0 atom stereocenters. The van der Waals surface area contributed by atoms with E-state index < -0.39 is 0 Å². The molecule has 0 saturated carbocycles. The minimum Gasteiger partial charge on any atom is -0.382 e. The first-order valence-corrected chi connectivity index (χ1v) is 10.2. The van der Waals surface area contributed by atoms with Crippen LogP contribution in [0.15, 0.2) is 41.4 Å². The maximum absolute atomic E-state index is 10.9. The first kappa shape index (κ1) is 17.6.